The van der Waals surface area contributed by atoms with Crippen LogP contribution in [0.3, 0.4) is 0 Å². The molecule has 1 aromatic heterocycles. The molecule has 2 aromatic rings. The standard InChI is InChI=1S/C17H21NO5/c1-5-9(2)15(17(20)21)18-16(19)14-10(3)23-13-7-6-11(22-4)8-12(13)14/h6-9,15H,5H2,1-4H3,(H,18,19)(H,20,21). The molecule has 0 fully saturated rings. The number of ether oxygens (including phenoxy) is 1. The number of benzene rings is 1. The highest BCUT2D eigenvalue weighted by Gasteiger charge is 2.28. The van der Waals surface area contributed by atoms with Crippen LogP contribution >= 0.6 is 0 Å². The van der Waals surface area contributed by atoms with Gasteiger partial charge in [0.05, 0.1) is 12.7 Å². The Labute approximate surface area is 134 Å². The van der Waals surface area contributed by atoms with Crippen molar-refractivity contribution in [1.82, 2.24) is 5.32 Å². The van der Waals surface area contributed by atoms with Crippen LogP contribution in [0.2, 0.25) is 0 Å². The fourth-order valence-corrected chi connectivity index (χ4v) is 2.50. The SMILES string of the molecule is CCC(C)C(NC(=O)c1c(C)oc2ccc(OC)cc12)C(=O)O. The number of furan rings is 1. The first-order valence-electron chi connectivity index (χ1n) is 7.49. The highest BCUT2D eigenvalue weighted by Crippen LogP contribution is 2.29. The second-order valence-electron chi connectivity index (χ2n) is 5.57. The van der Waals surface area contributed by atoms with Crippen LogP contribution in [0, 0.1) is 12.8 Å². The van der Waals surface area contributed by atoms with Crippen molar-refractivity contribution >= 4 is 22.8 Å². The zero-order valence-corrected chi connectivity index (χ0v) is 13.7. The summed E-state index contributed by atoms with van der Waals surface area (Å²) in [6, 6.07) is 4.23. The van der Waals surface area contributed by atoms with E-state index in [1.807, 2.05) is 6.92 Å². The van der Waals surface area contributed by atoms with Crippen molar-refractivity contribution in [3.63, 3.8) is 0 Å². The minimum absolute atomic E-state index is 0.176. The molecule has 0 bridgehead atoms. The lowest BCUT2D eigenvalue weighted by molar-refractivity contribution is -0.140. The zero-order chi connectivity index (χ0) is 17.1. The second-order valence-corrected chi connectivity index (χ2v) is 5.57. The van der Waals surface area contributed by atoms with Crippen LogP contribution in [0.1, 0.15) is 36.4 Å². The van der Waals surface area contributed by atoms with Crippen LogP contribution in [0.25, 0.3) is 11.0 Å². The van der Waals surface area contributed by atoms with Gasteiger partial charge in [-0.1, -0.05) is 20.3 Å². The minimum atomic E-state index is -1.05. The number of nitrogens with one attached hydrogen (secondary N) is 1. The Kier molecular flexibility index (Phi) is 4.93. The highest BCUT2D eigenvalue weighted by atomic mass is 16.5. The number of aliphatic carboxylic acids is 1. The van der Waals surface area contributed by atoms with Crippen molar-refractivity contribution < 1.29 is 23.8 Å². The number of amides is 1. The Morgan fingerprint density at radius 2 is 2.09 bits per heavy atom. The number of carbonyl (C=O) groups is 2. The second kappa shape index (κ2) is 6.73. The molecular weight excluding hydrogens is 298 g/mol. The third-order valence-electron chi connectivity index (χ3n) is 4.06. The van der Waals surface area contributed by atoms with Gasteiger partial charge in [0.15, 0.2) is 0 Å². The van der Waals surface area contributed by atoms with E-state index in [-0.39, 0.29) is 5.92 Å². The van der Waals surface area contributed by atoms with Crippen molar-refractivity contribution in [1.29, 1.82) is 0 Å². The summed E-state index contributed by atoms with van der Waals surface area (Å²) in [4.78, 5) is 24.0. The molecule has 0 saturated heterocycles. The molecule has 1 aromatic carbocycles. The normalized spacial score (nSPS) is 13.6. The molecule has 2 unspecified atom stereocenters. The molecule has 2 N–H and O–H groups in total. The molecule has 6 heteroatoms. The van der Waals surface area contributed by atoms with Gasteiger partial charge in [0.25, 0.3) is 5.91 Å². The van der Waals surface area contributed by atoms with Crippen LogP contribution in [0.5, 0.6) is 5.75 Å². The Morgan fingerprint density at radius 1 is 1.39 bits per heavy atom. The molecule has 23 heavy (non-hydrogen) atoms. The number of aryl methyl sites for hydroxylation is 1. The third-order valence-corrected chi connectivity index (χ3v) is 4.06. The van der Waals surface area contributed by atoms with E-state index in [1.54, 1.807) is 32.0 Å². The molecule has 0 spiro atoms. The molecule has 0 radical (unpaired) electrons. The summed E-state index contributed by atoms with van der Waals surface area (Å²) in [6.07, 6.45) is 0.649. The lowest BCUT2D eigenvalue weighted by Gasteiger charge is -2.20. The Bertz CT molecular complexity index is 734. The largest absolute Gasteiger partial charge is 0.497 e. The van der Waals surface area contributed by atoms with Gasteiger partial charge in [-0.3, -0.25) is 4.79 Å². The van der Waals surface area contributed by atoms with Crippen LogP contribution in [0.4, 0.5) is 0 Å². The van der Waals surface area contributed by atoms with Crippen molar-refractivity contribution in [2.45, 2.75) is 33.2 Å². The van der Waals surface area contributed by atoms with E-state index in [0.717, 1.165) is 0 Å². The summed E-state index contributed by atoms with van der Waals surface area (Å²) >= 11 is 0. The predicted molar refractivity (Wildman–Crippen MR) is 85.8 cm³/mol. The smallest absolute Gasteiger partial charge is 0.326 e. The first kappa shape index (κ1) is 16.9. The molecule has 0 aliphatic heterocycles. The van der Waals surface area contributed by atoms with Gasteiger partial charge in [-0.2, -0.15) is 0 Å². The lowest BCUT2D eigenvalue weighted by atomic mass is 9.98. The van der Waals surface area contributed by atoms with Crippen molar-refractivity contribution in [2.24, 2.45) is 5.92 Å². The fourth-order valence-electron chi connectivity index (χ4n) is 2.50. The maximum absolute atomic E-state index is 12.6. The number of hydrogen-bond acceptors (Lipinski definition) is 4. The average molecular weight is 319 g/mol. The topological polar surface area (TPSA) is 88.8 Å². The van der Waals surface area contributed by atoms with Gasteiger partial charge in [-0.25, -0.2) is 4.79 Å². The van der Waals surface area contributed by atoms with Gasteiger partial charge in [0, 0.05) is 5.39 Å². The van der Waals surface area contributed by atoms with Crippen LogP contribution < -0.4 is 10.1 Å². The summed E-state index contributed by atoms with van der Waals surface area (Å²) in [5.41, 5.74) is 0.900. The van der Waals surface area contributed by atoms with Crippen molar-refractivity contribution in [2.75, 3.05) is 7.11 Å². The molecule has 0 saturated carbocycles. The molecule has 2 rings (SSSR count). The number of carboxylic acid groups (broad SMARTS) is 1. The summed E-state index contributed by atoms with van der Waals surface area (Å²) in [5.74, 6) is -0.634. The van der Waals surface area contributed by atoms with Gasteiger partial charge in [0.2, 0.25) is 0 Å². The van der Waals surface area contributed by atoms with Gasteiger partial charge in [-0.05, 0) is 31.0 Å². The van der Waals surface area contributed by atoms with E-state index in [1.165, 1.54) is 7.11 Å². The van der Waals surface area contributed by atoms with Crippen molar-refractivity contribution in [3.8, 4) is 5.75 Å². The van der Waals surface area contributed by atoms with Crippen LogP contribution in [-0.4, -0.2) is 30.1 Å². The summed E-state index contributed by atoms with van der Waals surface area (Å²) in [6.45, 7) is 5.36. The van der Waals surface area contributed by atoms with E-state index in [0.29, 0.717) is 34.5 Å². The number of hydrogen-bond donors (Lipinski definition) is 2. The third kappa shape index (κ3) is 3.31. The molecule has 0 aliphatic rings. The summed E-state index contributed by atoms with van der Waals surface area (Å²) < 4.78 is 10.8. The van der Waals surface area contributed by atoms with E-state index < -0.39 is 17.9 Å². The number of rotatable bonds is 6. The predicted octanol–water partition coefficient (Wildman–Crippen LogP) is 2.98. The van der Waals surface area contributed by atoms with Gasteiger partial charge < -0.3 is 19.6 Å². The van der Waals surface area contributed by atoms with Gasteiger partial charge >= 0.3 is 5.97 Å². The Morgan fingerprint density at radius 3 is 2.65 bits per heavy atom. The van der Waals surface area contributed by atoms with Crippen molar-refractivity contribution in [3.05, 3.63) is 29.5 Å². The number of methoxy groups -OCH3 is 1. The van der Waals surface area contributed by atoms with Crippen LogP contribution in [-0.2, 0) is 4.79 Å². The summed E-state index contributed by atoms with van der Waals surface area (Å²) in [5, 5.41) is 12.5. The maximum atomic E-state index is 12.6. The molecule has 1 heterocycles. The lowest BCUT2D eigenvalue weighted by Crippen LogP contribution is -2.45. The van der Waals surface area contributed by atoms with E-state index >= 15 is 0 Å². The summed E-state index contributed by atoms with van der Waals surface area (Å²) in [7, 11) is 1.54. The molecule has 124 valence electrons. The Balaban J connectivity index is 2.40. The Hall–Kier alpha value is -2.50. The fraction of sp³-hybridized carbons (Fsp3) is 0.412. The monoisotopic (exact) mass is 319 g/mol. The van der Waals surface area contributed by atoms with Gasteiger partial charge in [-0.15, -0.1) is 0 Å². The number of fused-ring (bicyclic) bond motifs is 1. The maximum Gasteiger partial charge on any atom is 0.326 e. The van der Waals surface area contributed by atoms with Crippen LogP contribution in [0.15, 0.2) is 22.6 Å². The average Bonchev–Trinajstić information content (AvgIpc) is 2.86. The quantitative estimate of drug-likeness (QED) is 0.854. The first-order valence-corrected chi connectivity index (χ1v) is 7.49. The first-order chi connectivity index (χ1) is 10.9. The molecule has 1 amide bonds. The van der Waals surface area contributed by atoms with E-state index in [9.17, 15) is 14.7 Å². The highest BCUT2D eigenvalue weighted by molar-refractivity contribution is 6.08. The molecular formula is C17H21NO5. The van der Waals surface area contributed by atoms with E-state index in [4.69, 9.17) is 9.15 Å². The number of carbonyl (C=O) groups excluding carboxylic acids is 1. The number of carboxylic acids is 1. The van der Waals surface area contributed by atoms with E-state index in [2.05, 4.69) is 5.32 Å². The molecule has 6 nitrogen and oxygen atoms in total. The van der Waals surface area contributed by atoms with Gasteiger partial charge in [0.1, 0.15) is 23.1 Å². The zero-order valence-electron chi connectivity index (χ0n) is 13.7. The molecule has 2 atom stereocenters. The minimum Gasteiger partial charge on any atom is -0.497 e. The molecule has 0 aliphatic carbocycles.